The summed E-state index contributed by atoms with van der Waals surface area (Å²) in [6.45, 7) is 17.1. The van der Waals surface area contributed by atoms with Gasteiger partial charge in [-0.15, -0.1) is 0 Å². The van der Waals surface area contributed by atoms with E-state index in [9.17, 15) is 60.0 Å². The molecule has 20 nitrogen and oxygen atoms in total. The number of rotatable bonds is 11. The molecule has 0 aromatic carbocycles. The third-order valence-corrected chi connectivity index (χ3v) is 19.7. The lowest BCUT2D eigenvalue weighted by molar-refractivity contribution is -0.357. The Kier molecular flexibility index (Phi) is 16.1. The molecule has 0 amide bonds. The third-order valence-electron chi connectivity index (χ3n) is 19.7. The van der Waals surface area contributed by atoms with Crippen molar-refractivity contribution in [3.63, 3.8) is 0 Å². The number of methoxy groups -OCH3 is 2. The fraction of sp³-hybridized carbons (Fsp3) is 0.811. The molecule has 412 valence electrons. The smallest absolute Gasteiger partial charge is 0.337 e. The van der Waals surface area contributed by atoms with E-state index in [2.05, 4.69) is 19.9 Å². The van der Waals surface area contributed by atoms with Crippen LogP contribution < -0.4 is 0 Å². The van der Waals surface area contributed by atoms with Crippen LogP contribution in [0.2, 0.25) is 0 Å². The summed E-state index contributed by atoms with van der Waals surface area (Å²) in [5.41, 5.74) is -5.38. The number of esters is 4. The molecule has 0 spiro atoms. The highest BCUT2D eigenvalue weighted by Crippen LogP contribution is 2.76. The molecule has 0 unspecified atom stereocenters. The molecule has 7 rings (SSSR count). The van der Waals surface area contributed by atoms with Crippen LogP contribution in [-0.4, -0.2) is 178 Å². The molecule has 5 aliphatic carbocycles. The Balaban J connectivity index is 1.25. The molecule has 2 saturated heterocycles. The highest BCUT2D eigenvalue weighted by Gasteiger charge is 2.77. The van der Waals surface area contributed by atoms with Gasteiger partial charge in [-0.25, -0.2) is 14.4 Å². The van der Waals surface area contributed by atoms with Gasteiger partial charge in [0.05, 0.1) is 56.6 Å². The van der Waals surface area contributed by atoms with Gasteiger partial charge in [0.1, 0.15) is 42.7 Å². The molecule has 7 aliphatic rings. The van der Waals surface area contributed by atoms with E-state index < -0.39 is 167 Å². The minimum Gasteiger partial charge on any atom is -0.469 e. The van der Waals surface area contributed by atoms with Crippen LogP contribution in [-0.2, 0) is 57.1 Å². The summed E-state index contributed by atoms with van der Waals surface area (Å²) in [6, 6.07) is 0. The molecular formula is C53H80O20. The van der Waals surface area contributed by atoms with Crippen molar-refractivity contribution in [2.45, 2.75) is 194 Å². The predicted molar refractivity (Wildman–Crippen MR) is 255 cm³/mol. The predicted octanol–water partition coefficient (Wildman–Crippen LogP) is 1.68. The van der Waals surface area contributed by atoms with Gasteiger partial charge in [-0.1, -0.05) is 58.4 Å². The number of carbonyl (C=O) groups is 4. The largest absolute Gasteiger partial charge is 0.469 e. The van der Waals surface area contributed by atoms with Crippen LogP contribution in [0.5, 0.6) is 0 Å². The topological polar surface area (TPSA) is 304 Å². The van der Waals surface area contributed by atoms with Crippen LogP contribution in [0.1, 0.15) is 108 Å². The van der Waals surface area contributed by atoms with Gasteiger partial charge < -0.3 is 78.7 Å². The standard InChI is InChI=1S/C53H80O20/c1-13-24(3)42(62)72-40-41(73-43(63)25(4)14-2)53(23-54)27(21-48(40,5)6)26-15-16-29-49(7)19-18-31(51(9,47(65)67-12)30(49)17-20-50(29,8)52(26,10)38(60)39(53)61)69-46-35(59)36(34(58)37(71-46)44(64)66-11)70-45-33(57)32(56)28(55)22-68-45/h13-15,27-41,45-46,54-61H,16-23H2,1-12H3/b24-13-,25-14-/t27-,28-,29+,30-,31-,32-,33+,34-,35+,36-,37-,38-,39+,40-,41-,45-,46+,49+,50+,51-,52-,53-/m0/s1. The lowest BCUT2D eigenvalue weighted by Crippen LogP contribution is -2.76. The second-order valence-corrected chi connectivity index (χ2v) is 23.4. The van der Waals surface area contributed by atoms with Gasteiger partial charge in [-0.05, 0) is 102 Å². The van der Waals surface area contributed by atoms with Crippen LogP contribution in [0, 0.1) is 50.2 Å². The molecule has 6 fully saturated rings. The van der Waals surface area contributed by atoms with Crippen molar-refractivity contribution in [2.24, 2.45) is 50.2 Å². The molecule has 22 atom stereocenters. The second kappa shape index (κ2) is 20.5. The maximum absolute atomic E-state index is 14.5. The van der Waals surface area contributed by atoms with Crippen LogP contribution in [0.15, 0.2) is 34.9 Å². The van der Waals surface area contributed by atoms with Gasteiger partial charge in [-0.3, -0.25) is 4.79 Å². The van der Waals surface area contributed by atoms with E-state index in [4.69, 9.17) is 37.9 Å². The zero-order valence-electron chi connectivity index (χ0n) is 44.2. The van der Waals surface area contributed by atoms with Crippen molar-refractivity contribution in [3.8, 4) is 0 Å². The first-order valence-electron chi connectivity index (χ1n) is 25.6. The number of ether oxygens (including phenoxy) is 8. The molecule has 4 saturated carbocycles. The molecule has 73 heavy (non-hydrogen) atoms. The Hall–Kier alpha value is -3.38. The summed E-state index contributed by atoms with van der Waals surface area (Å²) < 4.78 is 46.7. The summed E-state index contributed by atoms with van der Waals surface area (Å²) in [5.74, 6) is -4.48. The number of fused-ring (bicyclic) bond motifs is 7. The lowest BCUT2D eigenvalue weighted by atomic mass is 9.32. The second-order valence-electron chi connectivity index (χ2n) is 23.4. The molecule has 20 heteroatoms. The van der Waals surface area contributed by atoms with Gasteiger partial charge in [0.2, 0.25) is 0 Å². The van der Waals surface area contributed by atoms with E-state index in [1.807, 2.05) is 20.8 Å². The summed E-state index contributed by atoms with van der Waals surface area (Å²) in [4.78, 5) is 54.9. The van der Waals surface area contributed by atoms with Crippen molar-refractivity contribution < 1.29 is 97.9 Å². The lowest BCUT2D eigenvalue weighted by Gasteiger charge is -2.73. The van der Waals surface area contributed by atoms with Crippen molar-refractivity contribution in [1.29, 1.82) is 0 Å². The molecular weight excluding hydrogens is 957 g/mol. The van der Waals surface area contributed by atoms with E-state index >= 15 is 0 Å². The minimum atomic E-state index is -1.91. The van der Waals surface area contributed by atoms with Gasteiger partial charge in [0.25, 0.3) is 0 Å². The SMILES string of the molecule is C/C=C(/C)C(=O)O[C@H]1[C@H](OC(=O)/C(C)=C\C)[C@]2(CO)[C@H](O)[C@H](O)[C@]3(C)C(=CC[C@@H]4[C@@]5(C)CC[C@H](O[C@@H]6O[C@H](C(=O)OC)[C@@H](O)[C@H](O[C@@H]7OC[C@H](O)[C@H](O)[C@H]7O)[C@H]6O)[C@@](C)(C(=O)OC)[C@H]5CC[C@]43C)[C@@H]2CC1(C)C. The molecule has 0 aromatic heterocycles. The van der Waals surface area contributed by atoms with Crippen LogP contribution >= 0.6 is 0 Å². The van der Waals surface area contributed by atoms with E-state index in [0.717, 1.165) is 12.7 Å². The monoisotopic (exact) mass is 1040 g/mol. The quantitative estimate of drug-likeness (QED) is 0.0480. The number of aliphatic hydroxyl groups is 8. The van der Waals surface area contributed by atoms with Gasteiger partial charge in [0, 0.05) is 22.0 Å². The summed E-state index contributed by atoms with van der Waals surface area (Å²) in [6.07, 6.45) is -15.2. The average Bonchev–Trinajstić information content (AvgIpc) is 3.36. The van der Waals surface area contributed by atoms with Gasteiger partial charge >= 0.3 is 23.9 Å². The first kappa shape index (κ1) is 57.3. The highest BCUT2D eigenvalue weighted by molar-refractivity contribution is 5.89. The fourth-order valence-corrected chi connectivity index (χ4v) is 15.0. The Bertz CT molecular complexity index is 2210. The number of allylic oxidation sites excluding steroid dienone is 3. The molecule has 0 radical (unpaired) electrons. The van der Waals surface area contributed by atoms with E-state index in [1.165, 1.54) is 7.11 Å². The fourth-order valence-electron chi connectivity index (χ4n) is 15.0. The number of aliphatic hydroxyl groups excluding tert-OH is 8. The van der Waals surface area contributed by atoms with Gasteiger partial charge in [-0.2, -0.15) is 0 Å². The average molecular weight is 1040 g/mol. The zero-order chi connectivity index (χ0) is 54.3. The van der Waals surface area contributed by atoms with Crippen LogP contribution in [0.4, 0.5) is 0 Å². The molecule has 8 N–H and O–H groups in total. The van der Waals surface area contributed by atoms with Crippen molar-refractivity contribution in [2.75, 3.05) is 27.4 Å². The van der Waals surface area contributed by atoms with Crippen molar-refractivity contribution >= 4 is 23.9 Å². The molecule has 0 aromatic rings. The van der Waals surface area contributed by atoms with E-state index in [-0.39, 0.29) is 24.3 Å². The maximum Gasteiger partial charge on any atom is 0.337 e. The number of hydrogen-bond donors (Lipinski definition) is 8. The van der Waals surface area contributed by atoms with E-state index in [0.29, 0.717) is 31.3 Å². The number of hydrogen-bond acceptors (Lipinski definition) is 20. The zero-order valence-corrected chi connectivity index (χ0v) is 44.2. The first-order chi connectivity index (χ1) is 34.1. The Morgan fingerprint density at radius 2 is 1.36 bits per heavy atom. The Labute approximate surface area is 427 Å². The molecule has 0 bridgehead atoms. The van der Waals surface area contributed by atoms with Crippen LogP contribution in [0.25, 0.3) is 0 Å². The summed E-state index contributed by atoms with van der Waals surface area (Å²) in [7, 11) is 2.32. The molecule has 2 aliphatic heterocycles. The third kappa shape index (κ3) is 8.65. The summed E-state index contributed by atoms with van der Waals surface area (Å²) >= 11 is 0. The Morgan fingerprint density at radius 3 is 1.93 bits per heavy atom. The van der Waals surface area contributed by atoms with Crippen LogP contribution in [0.3, 0.4) is 0 Å². The maximum atomic E-state index is 14.5. The molecule has 2 heterocycles. The van der Waals surface area contributed by atoms with Crippen molar-refractivity contribution in [1.82, 2.24) is 0 Å². The van der Waals surface area contributed by atoms with E-state index in [1.54, 1.807) is 46.8 Å². The normalized spacial score (nSPS) is 47.6. The first-order valence-corrected chi connectivity index (χ1v) is 25.6. The number of carbonyl (C=O) groups excluding carboxylic acids is 4. The highest BCUT2D eigenvalue weighted by atomic mass is 16.7. The summed E-state index contributed by atoms with van der Waals surface area (Å²) in [5, 5.41) is 91.9. The minimum absolute atomic E-state index is 0.178. The van der Waals surface area contributed by atoms with Crippen molar-refractivity contribution in [3.05, 3.63) is 34.9 Å². The Morgan fingerprint density at radius 1 is 0.740 bits per heavy atom. The van der Waals surface area contributed by atoms with Gasteiger partial charge in [0.15, 0.2) is 24.8 Å².